The first kappa shape index (κ1) is 17.2. The Bertz CT molecular complexity index is 694. The van der Waals surface area contributed by atoms with Crippen molar-refractivity contribution in [1.82, 2.24) is 5.32 Å². The van der Waals surface area contributed by atoms with Gasteiger partial charge in [0.15, 0.2) is 5.75 Å². The molecule has 1 unspecified atom stereocenters. The van der Waals surface area contributed by atoms with E-state index >= 15 is 0 Å². The topological polar surface area (TPSA) is 84.6 Å². The average Bonchev–Trinajstić information content (AvgIpc) is 2.55. The molecular formula is C16H17ClN2O4. The average molecular weight is 337 g/mol. The largest absolute Gasteiger partial charge is 0.490 e. The maximum Gasteiger partial charge on any atom is 0.311 e. The minimum atomic E-state index is -0.753. The number of nitrogens with zero attached hydrogens (tertiary/aromatic N) is 1. The summed E-state index contributed by atoms with van der Waals surface area (Å²) in [5.41, 5.74) is 1.28. The van der Waals surface area contributed by atoms with Crippen molar-refractivity contribution in [3.63, 3.8) is 0 Å². The summed E-state index contributed by atoms with van der Waals surface area (Å²) in [4.78, 5) is 10.5. The lowest BCUT2D eigenvalue weighted by molar-refractivity contribution is -0.385. The number of nitro benzene ring substituents is 1. The number of ether oxygens (including phenoxy) is 1. The molecule has 2 aromatic carbocycles. The van der Waals surface area contributed by atoms with Gasteiger partial charge in [-0.15, -0.1) is 0 Å². The molecule has 0 saturated carbocycles. The van der Waals surface area contributed by atoms with Crippen LogP contribution in [0.15, 0.2) is 42.5 Å². The zero-order valence-corrected chi connectivity index (χ0v) is 13.3. The number of halogens is 1. The van der Waals surface area contributed by atoms with Crippen molar-refractivity contribution < 1.29 is 14.8 Å². The minimum Gasteiger partial charge on any atom is -0.490 e. The molecule has 0 aliphatic rings. The number of rotatable bonds is 7. The van der Waals surface area contributed by atoms with Gasteiger partial charge in [0, 0.05) is 29.7 Å². The van der Waals surface area contributed by atoms with E-state index in [0.717, 1.165) is 5.56 Å². The normalized spacial score (nSPS) is 12.0. The van der Waals surface area contributed by atoms with E-state index in [1.54, 1.807) is 36.4 Å². The molecule has 0 aliphatic carbocycles. The van der Waals surface area contributed by atoms with Gasteiger partial charge in [-0.1, -0.05) is 35.9 Å². The number of nitro groups is 1. The maximum atomic E-state index is 11.0. The lowest BCUT2D eigenvalue weighted by atomic mass is 10.1. The minimum absolute atomic E-state index is 0.0848. The van der Waals surface area contributed by atoms with Crippen LogP contribution in [0, 0.1) is 10.1 Å². The van der Waals surface area contributed by atoms with Crippen LogP contribution in [-0.4, -0.2) is 23.7 Å². The van der Waals surface area contributed by atoms with Crippen molar-refractivity contribution in [2.45, 2.75) is 12.6 Å². The molecule has 23 heavy (non-hydrogen) atoms. The van der Waals surface area contributed by atoms with Crippen LogP contribution in [0.5, 0.6) is 5.75 Å². The Hall–Kier alpha value is -2.15. The van der Waals surface area contributed by atoms with E-state index in [9.17, 15) is 15.2 Å². The predicted molar refractivity (Wildman–Crippen MR) is 87.8 cm³/mol. The molecule has 0 saturated heterocycles. The van der Waals surface area contributed by atoms with Gasteiger partial charge in [0.05, 0.1) is 18.1 Å². The lowest BCUT2D eigenvalue weighted by Crippen LogP contribution is -2.21. The molecule has 122 valence electrons. The Kier molecular flexibility index (Phi) is 5.92. The predicted octanol–water partition coefficient (Wildman–Crippen LogP) is 3.08. The molecule has 0 bridgehead atoms. The maximum absolute atomic E-state index is 11.0. The van der Waals surface area contributed by atoms with Gasteiger partial charge in [-0.3, -0.25) is 10.1 Å². The van der Waals surface area contributed by atoms with E-state index < -0.39 is 11.0 Å². The molecule has 0 fully saturated rings. The molecule has 0 aromatic heterocycles. The van der Waals surface area contributed by atoms with Crippen LogP contribution in [-0.2, 0) is 6.54 Å². The molecule has 2 aromatic rings. The van der Waals surface area contributed by atoms with Crippen molar-refractivity contribution in [2.75, 3.05) is 13.7 Å². The number of hydrogen-bond donors (Lipinski definition) is 2. The summed E-state index contributed by atoms with van der Waals surface area (Å²) in [5.74, 6) is 0.217. The molecule has 0 aliphatic heterocycles. The zero-order chi connectivity index (χ0) is 16.8. The number of benzene rings is 2. The third-order valence-electron chi connectivity index (χ3n) is 3.37. The summed E-state index contributed by atoms with van der Waals surface area (Å²) in [6.45, 7) is 0.663. The second-order valence-corrected chi connectivity index (χ2v) is 5.34. The SMILES string of the molecule is COc1ccc(CNCC(O)c2ccccc2Cl)cc1[N+](=O)[O-]. The lowest BCUT2D eigenvalue weighted by Gasteiger charge is -2.13. The highest BCUT2D eigenvalue weighted by Crippen LogP contribution is 2.27. The summed E-state index contributed by atoms with van der Waals surface area (Å²) in [6.07, 6.45) is -0.753. The van der Waals surface area contributed by atoms with Crippen molar-refractivity contribution in [3.8, 4) is 5.75 Å². The standard InChI is InChI=1S/C16H17ClN2O4/c1-23-16-7-6-11(8-14(16)19(21)22)9-18-10-15(20)12-4-2-3-5-13(12)17/h2-8,15,18,20H,9-10H2,1H3. The van der Waals surface area contributed by atoms with Crippen molar-refractivity contribution in [1.29, 1.82) is 0 Å². The summed E-state index contributed by atoms with van der Waals surface area (Å²) >= 11 is 6.03. The highest BCUT2D eigenvalue weighted by atomic mass is 35.5. The van der Waals surface area contributed by atoms with Gasteiger partial charge in [-0.2, -0.15) is 0 Å². The van der Waals surface area contributed by atoms with E-state index in [0.29, 0.717) is 17.1 Å². The smallest absolute Gasteiger partial charge is 0.311 e. The molecule has 0 spiro atoms. The van der Waals surface area contributed by atoms with Crippen LogP contribution in [0.1, 0.15) is 17.2 Å². The Morgan fingerprint density at radius 1 is 1.35 bits per heavy atom. The van der Waals surface area contributed by atoms with Crippen LogP contribution in [0.3, 0.4) is 0 Å². The van der Waals surface area contributed by atoms with Crippen LogP contribution in [0.25, 0.3) is 0 Å². The van der Waals surface area contributed by atoms with Crippen LogP contribution < -0.4 is 10.1 Å². The molecule has 0 radical (unpaired) electrons. The molecule has 2 N–H and O–H groups in total. The van der Waals surface area contributed by atoms with Gasteiger partial charge < -0.3 is 15.2 Å². The summed E-state index contributed by atoms with van der Waals surface area (Å²) in [6, 6.07) is 11.8. The van der Waals surface area contributed by atoms with E-state index in [1.165, 1.54) is 13.2 Å². The molecule has 7 heteroatoms. The fraction of sp³-hybridized carbons (Fsp3) is 0.250. The quantitative estimate of drug-likeness (QED) is 0.599. The third kappa shape index (κ3) is 4.41. The highest BCUT2D eigenvalue weighted by Gasteiger charge is 2.15. The summed E-state index contributed by atoms with van der Waals surface area (Å²) < 4.78 is 4.96. The number of methoxy groups -OCH3 is 1. The Morgan fingerprint density at radius 3 is 2.74 bits per heavy atom. The first-order valence-electron chi connectivity index (χ1n) is 6.97. The van der Waals surface area contributed by atoms with Gasteiger partial charge in [-0.25, -0.2) is 0 Å². The van der Waals surface area contributed by atoms with Crippen LogP contribution in [0.4, 0.5) is 5.69 Å². The first-order chi connectivity index (χ1) is 11.0. The summed E-state index contributed by atoms with van der Waals surface area (Å²) in [7, 11) is 1.39. The van der Waals surface area contributed by atoms with Gasteiger partial charge in [0.2, 0.25) is 0 Å². The number of aliphatic hydroxyl groups is 1. The third-order valence-corrected chi connectivity index (χ3v) is 3.72. The van der Waals surface area contributed by atoms with Crippen molar-refractivity contribution in [3.05, 3.63) is 68.7 Å². The van der Waals surface area contributed by atoms with Gasteiger partial charge in [0.25, 0.3) is 0 Å². The zero-order valence-electron chi connectivity index (χ0n) is 12.5. The Labute approximate surface area is 138 Å². The second-order valence-electron chi connectivity index (χ2n) is 4.93. The van der Waals surface area contributed by atoms with E-state index in [2.05, 4.69) is 5.32 Å². The molecule has 0 heterocycles. The van der Waals surface area contributed by atoms with E-state index in [-0.39, 0.29) is 18.0 Å². The van der Waals surface area contributed by atoms with Crippen molar-refractivity contribution in [2.24, 2.45) is 0 Å². The Balaban J connectivity index is 1.98. The Morgan fingerprint density at radius 2 is 2.09 bits per heavy atom. The van der Waals surface area contributed by atoms with Gasteiger partial charge in [-0.05, 0) is 17.7 Å². The molecular weight excluding hydrogens is 320 g/mol. The number of hydrogen-bond acceptors (Lipinski definition) is 5. The number of nitrogens with one attached hydrogen (secondary N) is 1. The molecule has 6 nitrogen and oxygen atoms in total. The second kappa shape index (κ2) is 7.92. The van der Waals surface area contributed by atoms with E-state index in [1.807, 2.05) is 0 Å². The van der Waals surface area contributed by atoms with Gasteiger partial charge >= 0.3 is 5.69 Å². The summed E-state index contributed by atoms with van der Waals surface area (Å²) in [5, 5.41) is 24.7. The fourth-order valence-corrected chi connectivity index (χ4v) is 2.46. The molecule has 0 amide bonds. The molecule has 1 atom stereocenters. The first-order valence-corrected chi connectivity index (χ1v) is 7.35. The van der Waals surface area contributed by atoms with E-state index in [4.69, 9.17) is 16.3 Å². The van der Waals surface area contributed by atoms with Crippen molar-refractivity contribution >= 4 is 17.3 Å². The van der Waals surface area contributed by atoms with Gasteiger partial charge in [0.1, 0.15) is 0 Å². The number of aliphatic hydroxyl groups excluding tert-OH is 1. The highest BCUT2D eigenvalue weighted by molar-refractivity contribution is 6.31. The fourth-order valence-electron chi connectivity index (χ4n) is 2.20. The molecule has 2 rings (SSSR count). The van der Waals surface area contributed by atoms with Crippen LogP contribution in [0.2, 0.25) is 5.02 Å². The van der Waals surface area contributed by atoms with Crippen LogP contribution >= 0.6 is 11.6 Å². The monoisotopic (exact) mass is 336 g/mol.